The van der Waals surface area contributed by atoms with Crippen molar-refractivity contribution in [3.8, 4) is 6.07 Å². The Morgan fingerprint density at radius 2 is 2.13 bits per heavy atom. The van der Waals surface area contributed by atoms with Gasteiger partial charge in [-0.05, 0) is 43.5 Å². The highest BCUT2D eigenvalue weighted by Crippen LogP contribution is 2.30. The van der Waals surface area contributed by atoms with Crippen molar-refractivity contribution in [2.45, 2.75) is 6.42 Å². The van der Waals surface area contributed by atoms with Crippen molar-refractivity contribution < 1.29 is 9.53 Å². The molecule has 1 rings (SSSR count). The summed E-state index contributed by atoms with van der Waals surface area (Å²) < 4.78 is 5.94. The van der Waals surface area contributed by atoms with Gasteiger partial charge in [0.15, 0.2) is 0 Å². The molecule has 15 heavy (non-hydrogen) atoms. The molecule has 0 heterocycles. The predicted molar refractivity (Wildman–Crippen MR) is 62.3 cm³/mol. The second kappa shape index (κ2) is 5.29. The number of hydrogen-bond acceptors (Lipinski definition) is 3. The number of hydrogen-bond donors (Lipinski definition) is 0. The Kier molecular flexibility index (Phi) is 4.30. The van der Waals surface area contributed by atoms with Gasteiger partial charge in [-0.15, -0.1) is 0 Å². The lowest BCUT2D eigenvalue weighted by atomic mass is 10.1. The maximum absolute atomic E-state index is 11.1. The van der Waals surface area contributed by atoms with Crippen LogP contribution in [0.1, 0.15) is 11.1 Å². The van der Waals surface area contributed by atoms with Gasteiger partial charge in [-0.25, -0.2) is 0 Å². The summed E-state index contributed by atoms with van der Waals surface area (Å²) in [6.45, 7) is 0. The number of rotatable bonds is 2. The first-order valence-corrected chi connectivity index (χ1v) is 5.62. The van der Waals surface area contributed by atoms with E-state index in [1.165, 1.54) is 7.11 Å². The highest BCUT2D eigenvalue weighted by Gasteiger charge is 2.11. The SMILES string of the molecule is COC(=O)Cc1ccc(C#N)c(Br)c1Br. The van der Waals surface area contributed by atoms with Gasteiger partial charge in [0.25, 0.3) is 0 Å². The quantitative estimate of drug-likeness (QED) is 0.782. The number of carbonyl (C=O) groups is 1. The molecule has 0 aromatic heterocycles. The zero-order chi connectivity index (χ0) is 11.4. The van der Waals surface area contributed by atoms with Gasteiger partial charge < -0.3 is 4.74 Å². The molecule has 0 spiro atoms. The van der Waals surface area contributed by atoms with Crippen LogP contribution in [0.2, 0.25) is 0 Å². The van der Waals surface area contributed by atoms with Crippen LogP contribution in [0.5, 0.6) is 0 Å². The molecule has 0 saturated heterocycles. The Bertz CT molecular complexity index is 438. The fraction of sp³-hybridized carbons (Fsp3) is 0.200. The standard InChI is InChI=1S/C10H7Br2NO2/c1-15-8(14)4-6-2-3-7(5-13)10(12)9(6)11/h2-3H,4H2,1H3. The number of benzene rings is 1. The maximum Gasteiger partial charge on any atom is 0.310 e. The lowest BCUT2D eigenvalue weighted by Crippen LogP contribution is -2.05. The first-order valence-electron chi connectivity index (χ1n) is 4.04. The molecular formula is C10H7Br2NO2. The van der Waals surface area contributed by atoms with E-state index in [-0.39, 0.29) is 12.4 Å². The summed E-state index contributed by atoms with van der Waals surface area (Å²) in [6.07, 6.45) is 0.182. The molecule has 3 nitrogen and oxygen atoms in total. The Labute approximate surface area is 104 Å². The van der Waals surface area contributed by atoms with Gasteiger partial charge in [0, 0.05) is 8.95 Å². The van der Waals surface area contributed by atoms with Crippen LogP contribution < -0.4 is 0 Å². The van der Waals surface area contributed by atoms with Gasteiger partial charge in [-0.3, -0.25) is 4.79 Å². The van der Waals surface area contributed by atoms with Crippen LogP contribution in [0.25, 0.3) is 0 Å². The molecule has 1 aromatic rings. The zero-order valence-corrected chi connectivity index (χ0v) is 11.1. The Hall–Kier alpha value is -0.860. The Morgan fingerprint density at radius 3 is 2.67 bits per heavy atom. The molecule has 0 radical (unpaired) electrons. The third-order valence-corrected chi connectivity index (χ3v) is 4.11. The van der Waals surface area contributed by atoms with E-state index in [0.29, 0.717) is 14.5 Å². The Balaban J connectivity index is 3.08. The topological polar surface area (TPSA) is 50.1 Å². The van der Waals surface area contributed by atoms with Gasteiger partial charge in [0.05, 0.1) is 19.1 Å². The number of halogens is 2. The minimum atomic E-state index is -0.313. The van der Waals surface area contributed by atoms with Crippen LogP contribution in [-0.4, -0.2) is 13.1 Å². The van der Waals surface area contributed by atoms with Gasteiger partial charge in [-0.2, -0.15) is 5.26 Å². The van der Waals surface area contributed by atoms with E-state index < -0.39 is 0 Å². The molecule has 5 heteroatoms. The van der Waals surface area contributed by atoms with Crippen molar-refractivity contribution in [3.05, 3.63) is 32.2 Å². The normalized spacial score (nSPS) is 9.47. The average Bonchev–Trinajstić information content (AvgIpc) is 2.25. The van der Waals surface area contributed by atoms with Crippen LogP contribution in [0.4, 0.5) is 0 Å². The largest absolute Gasteiger partial charge is 0.469 e. The number of nitriles is 1. The minimum absolute atomic E-state index is 0.182. The van der Waals surface area contributed by atoms with Crippen molar-refractivity contribution >= 4 is 37.8 Å². The van der Waals surface area contributed by atoms with E-state index in [0.717, 1.165) is 5.56 Å². The third kappa shape index (κ3) is 2.80. The van der Waals surface area contributed by atoms with Crippen molar-refractivity contribution in [2.24, 2.45) is 0 Å². The fourth-order valence-corrected chi connectivity index (χ4v) is 2.00. The molecule has 0 N–H and O–H groups in total. The number of esters is 1. The summed E-state index contributed by atoms with van der Waals surface area (Å²) >= 11 is 6.61. The lowest BCUT2D eigenvalue weighted by molar-refractivity contribution is -0.139. The molecule has 0 amide bonds. The molecule has 78 valence electrons. The molecule has 0 atom stereocenters. The molecular weight excluding hydrogens is 326 g/mol. The van der Waals surface area contributed by atoms with E-state index >= 15 is 0 Å². The van der Waals surface area contributed by atoms with Crippen LogP contribution in [0.15, 0.2) is 21.1 Å². The smallest absolute Gasteiger partial charge is 0.310 e. The van der Waals surface area contributed by atoms with Crippen molar-refractivity contribution in [2.75, 3.05) is 7.11 Å². The van der Waals surface area contributed by atoms with Gasteiger partial charge in [0.1, 0.15) is 6.07 Å². The third-order valence-electron chi connectivity index (χ3n) is 1.85. The van der Waals surface area contributed by atoms with Gasteiger partial charge in [-0.1, -0.05) is 6.07 Å². The van der Waals surface area contributed by atoms with E-state index in [1.54, 1.807) is 12.1 Å². The number of methoxy groups -OCH3 is 1. The minimum Gasteiger partial charge on any atom is -0.469 e. The van der Waals surface area contributed by atoms with Crippen LogP contribution in [-0.2, 0) is 16.0 Å². The summed E-state index contributed by atoms with van der Waals surface area (Å²) in [7, 11) is 1.34. The highest BCUT2D eigenvalue weighted by atomic mass is 79.9. The zero-order valence-electron chi connectivity index (χ0n) is 7.88. The van der Waals surface area contributed by atoms with Crippen LogP contribution >= 0.6 is 31.9 Å². The summed E-state index contributed by atoms with van der Waals surface area (Å²) in [4.78, 5) is 11.1. The molecule has 0 saturated carbocycles. The molecule has 0 aliphatic carbocycles. The first kappa shape index (κ1) is 12.2. The van der Waals surface area contributed by atoms with E-state index in [9.17, 15) is 4.79 Å². The number of carbonyl (C=O) groups excluding carboxylic acids is 1. The number of nitrogens with zero attached hydrogens (tertiary/aromatic N) is 1. The summed E-state index contributed by atoms with van der Waals surface area (Å²) in [6, 6.07) is 5.42. The van der Waals surface area contributed by atoms with Crippen molar-refractivity contribution in [1.29, 1.82) is 5.26 Å². The van der Waals surface area contributed by atoms with Gasteiger partial charge >= 0.3 is 5.97 Å². The summed E-state index contributed by atoms with van der Waals surface area (Å²) in [5.74, 6) is -0.313. The van der Waals surface area contributed by atoms with Crippen LogP contribution in [0.3, 0.4) is 0 Å². The first-order chi connectivity index (χ1) is 7.10. The molecule has 0 fully saturated rings. The second-order valence-electron chi connectivity index (χ2n) is 2.76. The maximum atomic E-state index is 11.1. The summed E-state index contributed by atoms with van der Waals surface area (Å²) in [5, 5.41) is 8.77. The average molecular weight is 333 g/mol. The second-order valence-corrected chi connectivity index (χ2v) is 4.35. The lowest BCUT2D eigenvalue weighted by Gasteiger charge is -2.06. The fourth-order valence-electron chi connectivity index (χ4n) is 1.04. The molecule has 0 aliphatic heterocycles. The highest BCUT2D eigenvalue weighted by molar-refractivity contribution is 9.13. The number of ether oxygens (including phenoxy) is 1. The van der Waals surface area contributed by atoms with E-state index in [1.807, 2.05) is 6.07 Å². The summed E-state index contributed by atoms with van der Waals surface area (Å²) in [5.41, 5.74) is 1.31. The van der Waals surface area contributed by atoms with Crippen molar-refractivity contribution in [1.82, 2.24) is 0 Å². The van der Waals surface area contributed by atoms with E-state index in [4.69, 9.17) is 5.26 Å². The van der Waals surface area contributed by atoms with Crippen molar-refractivity contribution in [3.63, 3.8) is 0 Å². The van der Waals surface area contributed by atoms with E-state index in [2.05, 4.69) is 36.6 Å². The molecule has 1 aromatic carbocycles. The van der Waals surface area contributed by atoms with Gasteiger partial charge in [0.2, 0.25) is 0 Å². The molecule has 0 unspecified atom stereocenters. The predicted octanol–water partition coefficient (Wildman–Crippen LogP) is 2.80. The van der Waals surface area contributed by atoms with Crippen LogP contribution in [0, 0.1) is 11.3 Å². The monoisotopic (exact) mass is 331 g/mol. The molecule has 0 aliphatic rings. The molecule has 0 bridgehead atoms. The Morgan fingerprint density at radius 1 is 1.47 bits per heavy atom.